The highest BCUT2D eigenvalue weighted by Crippen LogP contribution is 2.44. The monoisotopic (exact) mass is 465 g/mol. The molecule has 0 saturated carbocycles. The van der Waals surface area contributed by atoms with Crippen molar-refractivity contribution < 1.29 is 27.4 Å². The minimum atomic E-state index is -4.06. The Bertz CT molecular complexity index is 1280. The van der Waals surface area contributed by atoms with Crippen LogP contribution < -0.4 is 19.1 Å². The molecule has 1 aliphatic rings. The molecule has 33 heavy (non-hydrogen) atoms. The first-order valence-corrected chi connectivity index (χ1v) is 11.7. The Morgan fingerprint density at radius 3 is 1.88 bits per heavy atom. The number of rotatable bonds is 6. The van der Waals surface area contributed by atoms with E-state index in [4.69, 9.17) is 14.2 Å². The number of amides is 1. The van der Waals surface area contributed by atoms with Gasteiger partial charge >= 0.3 is 0 Å². The molecule has 0 N–H and O–H groups in total. The van der Waals surface area contributed by atoms with E-state index in [1.807, 2.05) is 6.07 Å². The number of carbonyl (C=O) groups is 1. The van der Waals surface area contributed by atoms with Gasteiger partial charge in [0.25, 0.3) is 5.91 Å². The lowest BCUT2D eigenvalue weighted by molar-refractivity contribution is -0.114. The van der Waals surface area contributed by atoms with Crippen LogP contribution in [-0.4, -0.2) is 35.7 Å². The minimum absolute atomic E-state index is 0.311. The van der Waals surface area contributed by atoms with Crippen molar-refractivity contribution in [2.24, 2.45) is 0 Å². The molecule has 170 valence electrons. The molecule has 1 fully saturated rings. The zero-order valence-electron chi connectivity index (χ0n) is 18.4. The summed E-state index contributed by atoms with van der Waals surface area (Å²) in [5, 5.41) is -1.18. The first-order chi connectivity index (χ1) is 15.9. The van der Waals surface area contributed by atoms with E-state index in [1.54, 1.807) is 66.7 Å². The summed E-state index contributed by atoms with van der Waals surface area (Å²) in [5.41, 5.74) is 1.43. The van der Waals surface area contributed by atoms with Crippen LogP contribution in [0.15, 0.2) is 77.7 Å². The average Bonchev–Trinajstić information content (AvgIpc) is 3.04. The van der Waals surface area contributed by atoms with Crippen LogP contribution in [0.25, 0.3) is 6.08 Å². The summed E-state index contributed by atoms with van der Waals surface area (Å²) in [7, 11) is 0.355. The molecule has 0 radical (unpaired) electrons. The Morgan fingerprint density at radius 2 is 1.36 bits per heavy atom. The van der Waals surface area contributed by atoms with Crippen molar-refractivity contribution >= 4 is 27.5 Å². The van der Waals surface area contributed by atoms with E-state index < -0.39 is 21.1 Å². The van der Waals surface area contributed by atoms with Crippen molar-refractivity contribution in [2.75, 3.05) is 26.2 Å². The molecule has 1 saturated heterocycles. The number of nitrogens with zero attached hydrogens (tertiary/aromatic N) is 1. The summed E-state index contributed by atoms with van der Waals surface area (Å²) in [4.78, 5) is 14.5. The van der Waals surface area contributed by atoms with E-state index in [-0.39, 0.29) is 4.91 Å². The summed E-state index contributed by atoms with van der Waals surface area (Å²) in [6.45, 7) is 0. The lowest BCUT2D eigenvalue weighted by atomic mass is 10.1. The molecule has 0 spiro atoms. The lowest BCUT2D eigenvalue weighted by Crippen LogP contribution is -2.28. The van der Waals surface area contributed by atoms with Crippen LogP contribution in [0.2, 0.25) is 0 Å². The van der Waals surface area contributed by atoms with Crippen molar-refractivity contribution in [3.63, 3.8) is 0 Å². The van der Waals surface area contributed by atoms with E-state index in [1.165, 1.54) is 32.3 Å². The molecule has 8 heteroatoms. The zero-order valence-corrected chi connectivity index (χ0v) is 19.2. The Labute approximate surface area is 192 Å². The molecule has 1 unspecified atom stereocenters. The van der Waals surface area contributed by atoms with Gasteiger partial charge in [0.05, 0.1) is 21.3 Å². The van der Waals surface area contributed by atoms with Gasteiger partial charge in [0.2, 0.25) is 15.6 Å². The van der Waals surface area contributed by atoms with Crippen LogP contribution in [0.3, 0.4) is 0 Å². The van der Waals surface area contributed by atoms with Gasteiger partial charge in [-0.1, -0.05) is 48.5 Å². The van der Waals surface area contributed by atoms with Crippen LogP contribution in [-0.2, 0) is 14.6 Å². The Hall–Kier alpha value is -3.78. The number of hydrogen-bond donors (Lipinski definition) is 0. The van der Waals surface area contributed by atoms with Gasteiger partial charge < -0.3 is 14.2 Å². The minimum Gasteiger partial charge on any atom is -0.493 e. The second-order valence-corrected chi connectivity index (χ2v) is 9.26. The number of hydrogen-bond acceptors (Lipinski definition) is 6. The maximum absolute atomic E-state index is 13.7. The molecular weight excluding hydrogens is 442 g/mol. The van der Waals surface area contributed by atoms with Gasteiger partial charge in [0.15, 0.2) is 16.9 Å². The first-order valence-electron chi connectivity index (χ1n) is 10.1. The van der Waals surface area contributed by atoms with Gasteiger partial charge in [-0.25, -0.2) is 8.42 Å². The molecule has 4 rings (SSSR count). The van der Waals surface area contributed by atoms with Crippen molar-refractivity contribution in [1.82, 2.24) is 0 Å². The van der Waals surface area contributed by atoms with Crippen LogP contribution in [0.4, 0.5) is 5.69 Å². The van der Waals surface area contributed by atoms with E-state index in [2.05, 4.69) is 0 Å². The van der Waals surface area contributed by atoms with Gasteiger partial charge in [-0.2, -0.15) is 0 Å². The Balaban J connectivity index is 1.91. The molecule has 1 aliphatic heterocycles. The van der Waals surface area contributed by atoms with Gasteiger partial charge in [0.1, 0.15) is 4.91 Å². The Morgan fingerprint density at radius 1 is 0.818 bits per heavy atom. The number of ether oxygens (including phenoxy) is 3. The summed E-state index contributed by atoms with van der Waals surface area (Å²) >= 11 is 0. The molecule has 1 atom stereocenters. The summed E-state index contributed by atoms with van der Waals surface area (Å²) in [6, 6.07) is 20.7. The molecule has 7 nitrogen and oxygen atoms in total. The molecule has 3 aromatic rings. The number of methoxy groups -OCH3 is 3. The normalized spacial score (nSPS) is 18.4. The summed E-state index contributed by atoms with van der Waals surface area (Å²) < 4.78 is 43.5. The van der Waals surface area contributed by atoms with E-state index in [0.717, 1.165) is 0 Å². The Kier molecular flexibility index (Phi) is 6.11. The predicted molar refractivity (Wildman–Crippen MR) is 126 cm³/mol. The number of anilines is 1. The van der Waals surface area contributed by atoms with Gasteiger partial charge in [-0.15, -0.1) is 0 Å². The van der Waals surface area contributed by atoms with E-state index in [9.17, 15) is 13.2 Å². The number of sulfone groups is 1. The van der Waals surface area contributed by atoms with Gasteiger partial charge in [-0.3, -0.25) is 9.69 Å². The van der Waals surface area contributed by atoms with E-state index in [0.29, 0.717) is 34.1 Å². The lowest BCUT2D eigenvalue weighted by Gasteiger charge is -2.23. The number of para-hydroxylation sites is 1. The largest absolute Gasteiger partial charge is 0.493 e. The standard InChI is InChI=1S/C25H23NO6S/c1-30-20-14-17(15-21(31-2)23(20)32-3)16-22-24(27)26(19-12-8-5-9-13-19)25(33(22,28)29)18-10-6-4-7-11-18/h4-16,25H,1-3H3/b22-16+. The SMILES string of the molecule is COc1cc(/C=C2\C(=O)N(c3ccccc3)C(c3ccccc3)S2(=O)=O)cc(OC)c1OC. The smallest absolute Gasteiger partial charge is 0.271 e. The predicted octanol–water partition coefficient (Wildman–Crippen LogP) is 4.21. The fourth-order valence-corrected chi connectivity index (χ4v) is 5.77. The molecule has 1 heterocycles. The molecule has 0 bridgehead atoms. The van der Waals surface area contributed by atoms with Crippen LogP contribution in [0.5, 0.6) is 17.2 Å². The molecule has 1 amide bonds. The third-order valence-corrected chi connectivity index (χ3v) is 7.34. The summed E-state index contributed by atoms with van der Waals surface area (Å²) in [6.07, 6.45) is 1.35. The highest BCUT2D eigenvalue weighted by molar-refractivity contribution is 7.97. The molecule has 0 aliphatic carbocycles. The number of benzene rings is 3. The second kappa shape index (κ2) is 8.99. The quantitative estimate of drug-likeness (QED) is 0.507. The highest BCUT2D eigenvalue weighted by Gasteiger charge is 2.50. The van der Waals surface area contributed by atoms with Crippen molar-refractivity contribution in [3.8, 4) is 17.2 Å². The van der Waals surface area contributed by atoms with Crippen molar-refractivity contribution in [3.05, 3.63) is 88.8 Å². The molecular formula is C25H23NO6S. The topological polar surface area (TPSA) is 82.1 Å². The number of carbonyl (C=O) groups excluding carboxylic acids is 1. The van der Waals surface area contributed by atoms with E-state index >= 15 is 0 Å². The van der Waals surface area contributed by atoms with Crippen LogP contribution in [0, 0.1) is 0 Å². The molecule has 0 aromatic heterocycles. The highest BCUT2D eigenvalue weighted by atomic mass is 32.2. The first kappa shape index (κ1) is 22.4. The van der Waals surface area contributed by atoms with Crippen LogP contribution >= 0.6 is 0 Å². The second-order valence-electron chi connectivity index (χ2n) is 7.29. The average molecular weight is 466 g/mol. The van der Waals surface area contributed by atoms with Gasteiger partial charge in [-0.05, 0) is 41.5 Å². The van der Waals surface area contributed by atoms with Gasteiger partial charge in [0, 0.05) is 5.69 Å². The van der Waals surface area contributed by atoms with Crippen molar-refractivity contribution in [2.45, 2.75) is 5.37 Å². The summed E-state index contributed by atoms with van der Waals surface area (Å²) in [5.74, 6) is 0.469. The third-order valence-electron chi connectivity index (χ3n) is 5.37. The maximum Gasteiger partial charge on any atom is 0.271 e. The fourth-order valence-electron chi connectivity index (χ4n) is 3.87. The van der Waals surface area contributed by atoms with Crippen molar-refractivity contribution in [1.29, 1.82) is 0 Å². The van der Waals surface area contributed by atoms with Crippen LogP contribution in [0.1, 0.15) is 16.5 Å². The zero-order chi connectivity index (χ0) is 23.6. The fraction of sp³-hybridized carbons (Fsp3) is 0.160. The third kappa shape index (κ3) is 3.93. The maximum atomic E-state index is 13.7. The molecule has 3 aromatic carbocycles.